The van der Waals surface area contributed by atoms with Crippen LogP contribution in [0, 0.1) is 0 Å². The molecule has 5 nitrogen and oxygen atoms in total. The van der Waals surface area contributed by atoms with Crippen molar-refractivity contribution >= 4 is 23.2 Å². The Morgan fingerprint density at radius 1 is 1.12 bits per heavy atom. The molecule has 2 aromatic carbocycles. The number of para-hydroxylation sites is 2. The Hall–Kier alpha value is -2.66. The van der Waals surface area contributed by atoms with Gasteiger partial charge < -0.3 is 10.1 Å². The molecule has 1 atom stereocenters. The summed E-state index contributed by atoms with van der Waals surface area (Å²) >= 11 is 0. The van der Waals surface area contributed by atoms with Crippen molar-refractivity contribution in [2.75, 3.05) is 23.9 Å². The van der Waals surface area contributed by atoms with Crippen LogP contribution in [0.1, 0.15) is 12.0 Å². The number of nitrogens with one attached hydrogen (secondary N) is 1. The third-order valence-corrected chi connectivity index (χ3v) is 4.13. The number of hydrogen-bond donors (Lipinski definition) is 1. The Morgan fingerprint density at radius 3 is 2.58 bits per heavy atom. The van der Waals surface area contributed by atoms with Gasteiger partial charge in [0.1, 0.15) is 12.6 Å². The summed E-state index contributed by atoms with van der Waals surface area (Å²) in [5.74, 6) is -0.391. The van der Waals surface area contributed by atoms with Gasteiger partial charge in [-0.3, -0.25) is 14.5 Å². The van der Waals surface area contributed by atoms with Gasteiger partial charge in [0.05, 0.1) is 0 Å². The predicted molar refractivity (Wildman–Crippen MR) is 93.0 cm³/mol. The number of benzene rings is 2. The number of aryl methyl sites for hydroxylation is 1. The maximum Gasteiger partial charge on any atom is 0.253 e. The maximum absolute atomic E-state index is 12.8. The van der Waals surface area contributed by atoms with Crippen molar-refractivity contribution in [1.82, 2.24) is 0 Å². The van der Waals surface area contributed by atoms with Crippen LogP contribution in [0.15, 0.2) is 54.6 Å². The van der Waals surface area contributed by atoms with E-state index in [2.05, 4.69) is 5.32 Å². The van der Waals surface area contributed by atoms with Gasteiger partial charge in [0, 0.05) is 18.5 Å². The van der Waals surface area contributed by atoms with Crippen molar-refractivity contribution in [2.45, 2.75) is 18.9 Å². The molecule has 1 aliphatic rings. The fourth-order valence-corrected chi connectivity index (χ4v) is 3.04. The highest BCUT2D eigenvalue weighted by Gasteiger charge is 2.35. The Labute approximate surface area is 141 Å². The van der Waals surface area contributed by atoms with E-state index in [1.807, 2.05) is 54.6 Å². The second-order valence-electron chi connectivity index (χ2n) is 5.74. The van der Waals surface area contributed by atoms with Crippen molar-refractivity contribution < 1.29 is 14.3 Å². The molecular formula is C19H20N2O3. The number of carbonyl (C=O) groups is 2. The van der Waals surface area contributed by atoms with Crippen LogP contribution >= 0.6 is 0 Å². The van der Waals surface area contributed by atoms with Crippen molar-refractivity contribution in [3.63, 3.8) is 0 Å². The first kappa shape index (κ1) is 16.2. The van der Waals surface area contributed by atoms with E-state index in [9.17, 15) is 9.59 Å². The molecule has 124 valence electrons. The monoisotopic (exact) mass is 324 g/mol. The molecule has 1 aliphatic heterocycles. The lowest BCUT2D eigenvalue weighted by atomic mass is 9.95. The third kappa shape index (κ3) is 3.31. The lowest BCUT2D eigenvalue weighted by molar-refractivity contribution is -0.126. The highest BCUT2D eigenvalue weighted by atomic mass is 16.5. The topological polar surface area (TPSA) is 58.6 Å². The summed E-state index contributed by atoms with van der Waals surface area (Å²) in [7, 11) is 1.48. The quantitative estimate of drug-likeness (QED) is 0.940. The molecule has 1 unspecified atom stereocenters. The van der Waals surface area contributed by atoms with Crippen LogP contribution in [0.4, 0.5) is 11.4 Å². The Morgan fingerprint density at radius 2 is 1.83 bits per heavy atom. The standard InChI is InChI=1S/C19H20N2O3/c1-24-13-18(22)21-16-10-6-5-7-14(16)11-12-17(21)19(23)20-15-8-3-2-4-9-15/h2-10,17H,11-13H2,1H3,(H,20,23). The Bertz CT molecular complexity index is 730. The second kappa shape index (κ2) is 7.27. The van der Waals surface area contributed by atoms with Crippen LogP contribution in [0.2, 0.25) is 0 Å². The first-order valence-corrected chi connectivity index (χ1v) is 7.95. The van der Waals surface area contributed by atoms with Crippen LogP contribution in [0.25, 0.3) is 0 Å². The number of methoxy groups -OCH3 is 1. The first-order valence-electron chi connectivity index (χ1n) is 7.95. The maximum atomic E-state index is 12.8. The zero-order valence-corrected chi connectivity index (χ0v) is 13.6. The molecule has 0 spiro atoms. The van der Waals surface area contributed by atoms with Gasteiger partial charge in [-0.2, -0.15) is 0 Å². The fraction of sp³-hybridized carbons (Fsp3) is 0.263. The van der Waals surface area contributed by atoms with Crippen LogP contribution in [-0.4, -0.2) is 31.6 Å². The van der Waals surface area contributed by atoms with Crippen molar-refractivity contribution in [3.8, 4) is 0 Å². The first-order chi connectivity index (χ1) is 11.7. The molecule has 1 N–H and O–H groups in total. The van der Waals surface area contributed by atoms with Crippen LogP contribution in [0.5, 0.6) is 0 Å². The second-order valence-corrected chi connectivity index (χ2v) is 5.74. The minimum Gasteiger partial charge on any atom is -0.375 e. The lowest BCUT2D eigenvalue weighted by Crippen LogP contribution is -2.51. The van der Waals surface area contributed by atoms with E-state index >= 15 is 0 Å². The van der Waals surface area contributed by atoms with E-state index in [4.69, 9.17) is 4.74 Å². The van der Waals surface area contributed by atoms with Crippen LogP contribution < -0.4 is 10.2 Å². The van der Waals surface area contributed by atoms with E-state index < -0.39 is 6.04 Å². The number of carbonyl (C=O) groups excluding carboxylic acids is 2. The highest BCUT2D eigenvalue weighted by molar-refractivity contribution is 6.06. The molecule has 24 heavy (non-hydrogen) atoms. The van der Waals surface area contributed by atoms with E-state index in [1.165, 1.54) is 7.11 Å². The van der Waals surface area contributed by atoms with Gasteiger partial charge in [-0.15, -0.1) is 0 Å². The molecule has 0 bridgehead atoms. The van der Waals surface area contributed by atoms with Crippen LogP contribution in [0.3, 0.4) is 0 Å². The molecule has 0 saturated heterocycles. The summed E-state index contributed by atoms with van der Waals surface area (Å²) in [5.41, 5.74) is 2.59. The summed E-state index contributed by atoms with van der Waals surface area (Å²) in [5, 5.41) is 2.90. The molecule has 3 rings (SSSR count). The van der Waals surface area contributed by atoms with Crippen molar-refractivity contribution in [2.24, 2.45) is 0 Å². The zero-order valence-electron chi connectivity index (χ0n) is 13.6. The number of fused-ring (bicyclic) bond motifs is 1. The number of hydrogen-bond acceptors (Lipinski definition) is 3. The van der Waals surface area contributed by atoms with Gasteiger partial charge in [-0.05, 0) is 36.6 Å². The van der Waals surface area contributed by atoms with Gasteiger partial charge in [0.2, 0.25) is 5.91 Å². The number of nitrogens with zero attached hydrogens (tertiary/aromatic N) is 1. The number of ether oxygens (including phenoxy) is 1. The molecule has 2 aromatic rings. The SMILES string of the molecule is COCC(=O)N1c2ccccc2CCC1C(=O)Nc1ccccc1. The van der Waals surface area contributed by atoms with Gasteiger partial charge in [-0.25, -0.2) is 0 Å². The molecular weight excluding hydrogens is 304 g/mol. The fourth-order valence-electron chi connectivity index (χ4n) is 3.04. The lowest BCUT2D eigenvalue weighted by Gasteiger charge is -2.36. The van der Waals surface area contributed by atoms with E-state index in [0.29, 0.717) is 6.42 Å². The Balaban J connectivity index is 1.88. The van der Waals surface area contributed by atoms with Crippen molar-refractivity contribution in [1.29, 1.82) is 0 Å². The average molecular weight is 324 g/mol. The largest absolute Gasteiger partial charge is 0.375 e. The molecule has 1 heterocycles. The van der Waals surface area contributed by atoms with E-state index in [0.717, 1.165) is 23.4 Å². The van der Waals surface area contributed by atoms with Gasteiger partial charge in [-0.1, -0.05) is 36.4 Å². The minimum absolute atomic E-state index is 0.0521. The van der Waals surface area contributed by atoms with Crippen molar-refractivity contribution in [3.05, 3.63) is 60.2 Å². The summed E-state index contributed by atoms with van der Waals surface area (Å²) in [6, 6.07) is 16.4. The van der Waals surface area contributed by atoms with E-state index in [1.54, 1.807) is 4.90 Å². The normalized spacial score (nSPS) is 16.4. The Kier molecular flexibility index (Phi) is 4.91. The average Bonchev–Trinajstić information content (AvgIpc) is 2.61. The van der Waals surface area contributed by atoms with Gasteiger partial charge in [0.25, 0.3) is 5.91 Å². The minimum atomic E-state index is -0.539. The molecule has 0 saturated carbocycles. The molecule has 0 fully saturated rings. The molecule has 2 amide bonds. The summed E-state index contributed by atoms with van der Waals surface area (Å²) in [6.45, 7) is -0.0521. The third-order valence-electron chi connectivity index (χ3n) is 4.13. The van der Waals surface area contributed by atoms with E-state index in [-0.39, 0.29) is 18.4 Å². The molecule has 0 aliphatic carbocycles. The number of amides is 2. The molecule has 0 aromatic heterocycles. The summed E-state index contributed by atoms with van der Waals surface area (Å²) in [6.07, 6.45) is 1.35. The van der Waals surface area contributed by atoms with Crippen LogP contribution in [-0.2, 0) is 20.7 Å². The smallest absolute Gasteiger partial charge is 0.253 e. The van der Waals surface area contributed by atoms with Gasteiger partial charge in [0.15, 0.2) is 0 Å². The van der Waals surface area contributed by atoms with Gasteiger partial charge >= 0.3 is 0 Å². The highest BCUT2D eigenvalue weighted by Crippen LogP contribution is 2.31. The number of anilines is 2. The predicted octanol–water partition coefficient (Wildman–Crippen LogP) is 2.62. The molecule has 5 heteroatoms. The number of rotatable bonds is 4. The zero-order chi connectivity index (χ0) is 16.9. The molecule has 0 radical (unpaired) electrons. The summed E-state index contributed by atoms with van der Waals surface area (Å²) in [4.78, 5) is 26.9. The summed E-state index contributed by atoms with van der Waals surface area (Å²) < 4.78 is 5.00.